The Balaban J connectivity index is 1.35. The zero-order chi connectivity index (χ0) is 27.8. The van der Waals surface area contributed by atoms with Gasteiger partial charge < -0.3 is 4.74 Å². The lowest BCUT2D eigenvalue weighted by Crippen LogP contribution is -2.26. The van der Waals surface area contributed by atoms with Gasteiger partial charge in [0.15, 0.2) is 11.6 Å². The third kappa shape index (κ3) is 6.04. The van der Waals surface area contributed by atoms with Crippen molar-refractivity contribution in [2.75, 3.05) is 37.3 Å². The first-order valence-electron chi connectivity index (χ1n) is 12.9. The van der Waals surface area contributed by atoms with Gasteiger partial charge in [0.1, 0.15) is 7.41 Å². The fraction of sp³-hybridized carbons (Fsp3) is 0.444. The van der Waals surface area contributed by atoms with Gasteiger partial charge in [-0.1, -0.05) is 25.1 Å². The molecule has 1 unspecified atom stereocenters. The number of aromatic nitrogens is 3. The predicted octanol–water partition coefficient (Wildman–Crippen LogP) is 6.46. The van der Waals surface area contributed by atoms with Crippen LogP contribution >= 0.6 is 19.4 Å². The standard InChI is InChI=1S/C27H31F3N5O2PS/c1-19-17-35(38(2,3)18-19)24-21(25(36)33-39-20-7-5-4-6-8-20)9-10-22(31-24)34-15-11-23(32-34)37-16-14-26(12-13-26)27(28,29)30/h4-11,15,19H,12-14,16-18H2,1-3H3/p+1. The molecule has 1 saturated carbocycles. The molecule has 0 radical (unpaired) electrons. The Hall–Kier alpha value is -2.78. The molecule has 1 aromatic carbocycles. The summed E-state index contributed by atoms with van der Waals surface area (Å²) in [5.41, 5.74) is -1.13. The van der Waals surface area contributed by atoms with Gasteiger partial charge in [0.05, 0.1) is 43.6 Å². The average Bonchev–Trinajstić information content (AvgIpc) is 3.46. The molecule has 12 heteroatoms. The molecule has 39 heavy (non-hydrogen) atoms. The van der Waals surface area contributed by atoms with Gasteiger partial charge in [0, 0.05) is 23.1 Å². The molecular formula is C27H32F3N5O2PS+. The monoisotopic (exact) mass is 578 g/mol. The van der Waals surface area contributed by atoms with E-state index in [9.17, 15) is 18.0 Å². The molecule has 208 valence electrons. The number of ether oxygens (including phenoxy) is 1. The van der Waals surface area contributed by atoms with Crippen LogP contribution in [0, 0.1) is 11.3 Å². The zero-order valence-corrected chi connectivity index (χ0v) is 23.8. The van der Waals surface area contributed by atoms with Crippen LogP contribution in [0.2, 0.25) is 0 Å². The Morgan fingerprint density at radius 3 is 2.56 bits per heavy atom. The number of carbonyl (C=O) groups excluding carboxylic acids is 1. The molecule has 5 rings (SSSR count). The van der Waals surface area contributed by atoms with Crippen molar-refractivity contribution in [2.45, 2.75) is 37.3 Å². The normalized spacial score (nSPS) is 19.6. The molecule has 1 aliphatic carbocycles. The van der Waals surface area contributed by atoms with Crippen LogP contribution in [0.4, 0.5) is 19.0 Å². The summed E-state index contributed by atoms with van der Waals surface area (Å²) in [6.07, 6.45) is -1.25. The van der Waals surface area contributed by atoms with Crippen molar-refractivity contribution >= 4 is 31.1 Å². The van der Waals surface area contributed by atoms with Crippen molar-refractivity contribution in [1.29, 1.82) is 0 Å². The summed E-state index contributed by atoms with van der Waals surface area (Å²) in [7, 11) is -1.53. The number of nitrogens with zero attached hydrogens (tertiary/aromatic N) is 4. The van der Waals surface area contributed by atoms with Crippen molar-refractivity contribution in [2.24, 2.45) is 11.3 Å². The van der Waals surface area contributed by atoms with E-state index < -0.39 is 19.0 Å². The number of anilines is 1. The number of pyridine rings is 1. The van der Waals surface area contributed by atoms with E-state index >= 15 is 0 Å². The zero-order valence-electron chi connectivity index (χ0n) is 22.1. The summed E-state index contributed by atoms with van der Waals surface area (Å²) in [4.78, 5) is 19.1. The van der Waals surface area contributed by atoms with Gasteiger partial charge in [-0.25, -0.2) is 14.3 Å². The van der Waals surface area contributed by atoms with E-state index in [4.69, 9.17) is 9.72 Å². The molecule has 1 N–H and O–H groups in total. The smallest absolute Gasteiger partial charge is 0.394 e. The average molecular weight is 579 g/mol. The van der Waals surface area contributed by atoms with E-state index in [0.29, 0.717) is 23.1 Å². The Labute approximate surface area is 231 Å². The maximum Gasteiger partial charge on any atom is 0.394 e. The lowest BCUT2D eigenvalue weighted by atomic mass is 10.0. The van der Waals surface area contributed by atoms with Crippen LogP contribution in [0.3, 0.4) is 0 Å². The molecule has 0 spiro atoms. The lowest BCUT2D eigenvalue weighted by Gasteiger charge is -2.26. The SMILES string of the molecule is CC1CN(c2nc(-n3ccc(OCCC4(C(F)(F)F)CC4)n3)ccc2C(=O)NSc2ccccc2)[P+](C)(C)C1. The fourth-order valence-corrected chi connectivity index (χ4v) is 8.89. The molecule has 0 bridgehead atoms. The van der Waals surface area contributed by atoms with Crippen molar-refractivity contribution in [3.8, 4) is 11.7 Å². The third-order valence-electron chi connectivity index (χ3n) is 7.34. The number of amides is 1. The maximum atomic E-state index is 13.3. The number of hydrogen-bond acceptors (Lipinski definition) is 6. The molecule has 2 aromatic heterocycles. The van der Waals surface area contributed by atoms with Gasteiger partial charge in [-0.2, -0.15) is 13.2 Å². The Bertz CT molecular complexity index is 1330. The highest BCUT2D eigenvalue weighted by Gasteiger charge is 2.62. The minimum Gasteiger partial charge on any atom is -0.477 e. The molecular weight excluding hydrogens is 546 g/mol. The molecule has 1 aliphatic heterocycles. The van der Waals surface area contributed by atoms with Gasteiger partial charge in [-0.3, -0.25) is 9.52 Å². The van der Waals surface area contributed by atoms with Gasteiger partial charge >= 0.3 is 6.18 Å². The van der Waals surface area contributed by atoms with Crippen molar-refractivity contribution in [3.05, 3.63) is 60.3 Å². The van der Waals surface area contributed by atoms with Gasteiger partial charge in [-0.15, -0.1) is 5.10 Å². The van der Waals surface area contributed by atoms with Crippen LogP contribution in [-0.4, -0.2) is 59.5 Å². The quantitative estimate of drug-likeness (QED) is 0.232. The molecule has 2 aliphatic rings. The summed E-state index contributed by atoms with van der Waals surface area (Å²) >= 11 is 1.25. The molecule has 1 atom stereocenters. The highest BCUT2D eigenvalue weighted by molar-refractivity contribution is 7.98. The van der Waals surface area contributed by atoms with Gasteiger partial charge in [-0.05, 0) is 55.5 Å². The molecule has 1 saturated heterocycles. The second-order valence-electron chi connectivity index (χ2n) is 10.9. The molecule has 1 amide bonds. The van der Waals surface area contributed by atoms with E-state index in [1.54, 1.807) is 24.4 Å². The van der Waals surface area contributed by atoms with Crippen LogP contribution in [0.1, 0.15) is 36.5 Å². The molecule has 7 nitrogen and oxygen atoms in total. The molecule has 3 heterocycles. The first-order chi connectivity index (χ1) is 18.5. The number of halogens is 3. The highest BCUT2D eigenvalue weighted by atomic mass is 32.2. The fourth-order valence-electron chi connectivity index (χ4n) is 5.06. The number of carbonyl (C=O) groups is 1. The Morgan fingerprint density at radius 1 is 1.18 bits per heavy atom. The number of benzene rings is 1. The largest absolute Gasteiger partial charge is 0.477 e. The summed E-state index contributed by atoms with van der Waals surface area (Å²) in [5.74, 6) is 1.59. The number of nitrogens with one attached hydrogen (secondary N) is 1. The van der Waals surface area contributed by atoms with Crippen LogP contribution in [0.5, 0.6) is 5.88 Å². The summed E-state index contributed by atoms with van der Waals surface area (Å²) < 4.78 is 51.9. The minimum absolute atomic E-state index is 0.0578. The maximum absolute atomic E-state index is 13.3. The number of rotatable bonds is 9. The second kappa shape index (κ2) is 10.7. The molecule has 3 aromatic rings. The van der Waals surface area contributed by atoms with Crippen LogP contribution in [-0.2, 0) is 0 Å². The Morgan fingerprint density at radius 2 is 1.92 bits per heavy atom. The van der Waals surface area contributed by atoms with E-state index in [-0.39, 0.29) is 37.7 Å². The summed E-state index contributed by atoms with van der Waals surface area (Å²) in [5, 5.41) is 4.39. The summed E-state index contributed by atoms with van der Waals surface area (Å²) in [6, 6.07) is 14.7. The van der Waals surface area contributed by atoms with E-state index in [0.717, 1.165) is 17.6 Å². The number of alkyl halides is 3. The third-order valence-corrected chi connectivity index (χ3v) is 11.3. The van der Waals surface area contributed by atoms with Crippen LogP contribution < -0.4 is 14.1 Å². The summed E-state index contributed by atoms with van der Waals surface area (Å²) in [6.45, 7) is 7.45. The van der Waals surface area contributed by atoms with Gasteiger partial charge in [0.25, 0.3) is 5.91 Å². The first-order valence-corrected chi connectivity index (χ1v) is 16.5. The second-order valence-corrected chi connectivity index (χ2v) is 15.8. The van der Waals surface area contributed by atoms with E-state index in [2.05, 4.69) is 34.7 Å². The predicted molar refractivity (Wildman–Crippen MR) is 149 cm³/mol. The minimum atomic E-state index is -4.20. The molecule has 2 fully saturated rings. The Kier molecular flexibility index (Phi) is 7.59. The van der Waals surface area contributed by atoms with Crippen LogP contribution in [0.15, 0.2) is 59.6 Å². The highest BCUT2D eigenvalue weighted by Crippen LogP contribution is 2.62. The van der Waals surface area contributed by atoms with Gasteiger partial charge in [0.2, 0.25) is 5.88 Å². The lowest BCUT2D eigenvalue weighted by molar-refractivity contribution is -0.190. The first kappa shape index (κ1) is 27.8. The van der Waals surface area contributed by atoms with E-state index in [1.807, 2.05) is 30.3 Å². The van der Waals surface area contributed by atoms with Crippen LogP contribution in [0.25, 0.3) is 5.82 Å². The van der Waals surface area contributed by atoms with Crippen molar-refractivity contribution in [1.82, 2.24) is 19.5 Å². The topological polar surface area (TPSA) is 72.3 Å². The van der Waals surface area contributed by atoms with Crippen molar-refractivity contribution < 1.29 is 22.7 Å². The number of hydrogen-bond donors (Lipinski definition) is 1. The van der Waals surface area contributed by atoms with Crippen molar-refractivity contribution in [3.63, 3.8) is 0 Å². The van der Waals surface area contributed by atoms with E-state index in [1.165, 1.54) is 16.6 Å².